The predicted molar refractivity (Wildman–Crippen MR) is 75.7 cm³/mol. The van der Waals surface area contributed by atoms with Gasteiger partial charge in [-0.05, 0) is 28.8 Å². The topological polar surface area (TPSA) is 23.8 Å². The van der Waals surface area contributed by atoms with Crippen LogP contribution in [-0.2, 0) is 0 Å². The third-order valence-electron chi connectivity index (χ3n) is 2.66. The zero-order valence-corrected chi connectivity index (χ0v) is 10.0. The molecular formula is C17H13N. The molecule has 2 aromatic rings. The minimum Gasteiger partial charge on any atom is -0.192 e. The van der Waals surface area contributed by atoms with Crippen molar-refractivity contribution in [2.75, 3.05) is 0 Å². The Hall–Kier alpha value is -2.59. The van der Waals surface area contributed by atoms with Gasteiger partial charge in [0, 0.05) is 0 Å². The van der Waals surface area contributed by atoms with E-state index >= 15 is 0 Å². The first-order valence-electron chi connectivity index (χ1n) is 5.72. The van der Waals surface area contributed by atoms with Crippen molar-refractivity contribution in [3.63, 3.8) is 0 Å². The van der Waals surface area contributed by atoms with Gasteiger partial charge in [0.05, 0.1) is 11.6 Å². The van der Waals surface area contributed by atoms with Crippen LogP contribution in [0.15, 0.2) is 67.3 Å². The van der Waals surface area contributed by atoms with Crippen molar-refractivity contribution in [3.8, 4) is 6.07 Å². The molecule has 0 amide bonds. The molecule has 0 unspecified atom stereocenters. The Balaban J connectivity index is 2.11. The summed E-state index contributed by atoms with van der Waals surface area (Å²) in [5, 5.41) is 8.71. The highest BCUT2D eigenvalue weighted by atomic mass is 14.2. The third kappa shape index (κ3) is 2.96. The molecule has 0 saturated carbocycles. The summed E-state index contributed by atoms with van der Waals surface area (Å²) < 4.78 is 0. The molecule has 0 saturated heterocycles. The minimum atomic E-state index is 0.675. The maximum Gasteiger partial charge on any atom is 0.0991 e. The fraction of sp³-hybridized carbons (Fsp3) is 0. The lowest BCUT2D eigenvalue weighted by molar-refractivity contribution is 1.48. The number of hydrogen-bond acceptors (Lipinski definition) is 1. The van der Waals surface area contributed by atoms with Crippen LogP contribution in [0.4, 0.5) is 0 Å². The van der Waals surface area contributed by atoms with Crippen LogP contribution >= 0.6 is 0 Å². The lowest BCUT2D eigenvalue weighted by atomic mass is 10.1. The van der Waals surface area contributed by atoms with Crippen LogP contribution < -0.4 is 0 Å². The molecule has 0 radical (unpaired) electrons. The summed E-state index contributed by atoms with van der Waals surface area (Å²) in [7, 11) is 0. The Bertz CT molecular complexity index is 598. The van der Waals surface area contributed by atoms with Gasteiger partial charge < -0.3 is 0 Å². The van der Waals surface area contributed by atoms with Crippen LogP contribution in [0.3, 0.4) is 0 Å². The molecule has 0 aromatic heterocycles. The highest BCUT2D eigenvalue weighted by Crippen LogP contribution is 2.15. The van der Waals surface area contributed by atoms with Crippen LogP contribution in [-0.4, -0.2) is 0 Å². The number of hydrogen-bond donors (Lipinski definition) is 0. The summed E-state index contributed by atoms with van der Waals surface area (Å²) in [5.41, 5.74) is 3.82. The first kappa shape index (κ1) is 11.9. The molecule has 2 rings (SSSR count). The van der Waals surface area contributed by atoms with E-state index in [0.29, 0.717) is 5.56 Å². The highest BCUT2D eigenvalue weighted by molar-refractivity contribution is 5.77. The van der Waals surface area contributed by atoms with Gasteiger partial charge in [0.2, 0.25) is 0 Å². The molecule has 1 nitrogen and oxygen atoms in total. The first-order chi connectivity index (χ1) is 8.79. The van der Waals surface area contributed by atoms with Crippen molar-refractivity contribution in [3.05, 3.63) is 83.9 Å². The van der Waals surface area contributed by atoms with E-state index in [2.05, 4.69) is 12.6 Å². The number of rotatable bonds is 3. The number of nitrogens with zero attached hydrogens (tertiary/aromatic N) is 1. The summed E-state index contributed by atoms with van der Waals surface area (Å²) in [6.07, 6.45) is 3.98. The van der Waals surface area contributed by atoms with Gasteiger partial charge in [0.15, 0.2) is 0 Å². The molecule has 1 heteroatoms. The smallest absolute Gasteiger partial charge is 0.0991 e. The molecular weight excluding hydrogens is 218 g/mol. The van der Waals surface area contributed by atoms with Crippen LogP contribution in [0.5, 0.6) is 0 Å². The molecule has 86 valence electrons. The van der Waals surface area contributed by atoms with Gasteiger partial charge in [-0.2, -0.15) is 5.26 Å². The summed E-state index contributed by atoms with van der Waals surface area (Å²) in [6, 6.07) is 19.6. The Morgan fingerprint density at radius 2 is 1.67 bits per heavy atom. The Kier molecular flexibility index (Phi) is 3.73. The molecule has 0 heterocycles. The second-order valence-corrected chi connectivity index (χ2v) is 3.96. The molecule has 0 aliphatic rings. The van der Waals surface area contributed by atoms with E-state index in [1.807, 2.05) is 66.7 Å². The summed E-state index contributed by atoms with van der Waals surface area (Å²) >= 11 is 0. The Morgan fingerprint density at radius 3 is 2.28 bits per heavy atom. The van der Waals surface area contributed by atoms with Gasteiger partial charge in [-0.25, -0.2) is 0 Å². The van der Waals surface area contributed by atoms with Crippen molar-refractivity contribution in [2.24, 2.45) is 0 Å². The first-order valence-corrected chi connectivity index (χ1v) is 5.72. The lowest BCUT2D eigenvalue weighted by Crippen LogP contribution is -1.78. The van der Waals surface area contributed by atoms with E-state index in [-0.39, 0.29) is 0 Å². The normalized spacial score (nSPS) is 10.2. The molecule has 0 fully saturated rings. The summed E-state index contributed by atoms with van der Waals surface area (Å²) in [6.45, 7) is 4.03. The fourth-order valence-corrected chi connectivity index (χ4v) is 1.61. The van der Waals surface area contributed by atoms with Gasteiger partial charge in [0.25, 0.3) is 0 Å². The second kappa shape index (κ2) is 5.65. The zero-order valence-electron chi connectivity index (χ0n) is 10.0. The molecule has 0 aliphatic carbocycles. The fourth-order valence-electron chi connectivity index (χ4n) is 1.61. The van der Waals surface area contributed by atoms with Crippen molar-refractivity contribution in [2.45, 2.75) is 0 Å². The zero-order chi connectivity index (χ0) is 12.8. The Morgan fingerprint density at radius 1 is 1.00 bits per heavy atom. The van der Waals surface area contributed by atoms with Gasteiger partial charge in [-0.1, -0.05) is 61.2 Å². The van der Waals surface area contributed by atoms with Crippen molar-refractivity contribution >= 4 is 11.6 Å². The van der Waals surface area contributed by atoms with Gasteiger partial charge in [0.1, 0.15) is 0 Å². The number of nitriles is 1. The molecule has 0 bridgehead atoms. The molecule has 0 atom stereocenters. The molecule has 0 aliphatic heterocycles. The number of allylic oxidation sites excluding steroid dienone is 2. The average molecular weight is 231 g/mol. The summed E-state index contributed by atoms with van der Waals surface area (Å²) in [4.78, 5) is 0. The van der Waals surface area contributed by atoms with Crippen molar-refractivity contribution in [1.29, 1.82) is 5.26 Å². The van der Waals surface area contributed by atoms with Crippen LogP contribution in [0.2, 0.25) is 0 Å². The average Bonchev–Trinajstić information content (AvgIpc) is 2.46. The van der Waals surface area contributed by atoms with Crippen LogP contribution in [0, 0.1) is 11.3 Å². The predicted octanol–water partition coefficient (Wildman–Crippen LogP) is 4.28. The van der Waals surface area contributed by atoms with Crippen LogP contribution in [0.1, 0.15) is 16.7 Å². The monoisotopic (exact) mass is 231 g/mol. The highest BCUT2D eigenvalue weighted by Gasteiger charge is 1.93. The van der Waals surface area contributed by atoms with E-state index < -0.39 is 0 Å². The van der Waals surface area contributed by atoms with E-state index in [4.69, 9.17) is 5.26 Å². The maximum absolute atomic E-state index is 8.71. The quantitative estimate of drug-likeness (QED) is 0.723. The summed E-state index contributed by atoms with van der Waals surface area (Å²) in [5.74, 6) is 0. The molecule has 0 spiro atoms. The Labute approximate surface area is 107 Å². The number of benzene rings is 2. The standard InChI is InChI=1S/C17H13N/c1-14(17-5-3-2-4-6-17)7-8-15-9-11-16(13-18)12-10-15/h2-12H,1H2/b8-7+. The largest absolute Gasteiger partial charge is 0.192 e. The van der Waals surface area contributed by atoms with Gasteiger partial charge in [-0.3, -0.25) is 0 Å². The van der Waals surface area contributed by atoms with E-state index in [9.17, 15) is 0 Å². The minimum absolute atomic E-state index is 0.675. The molecule has 0 N–H and O–H groups in total. The molecule has 2 aromatic carbocycles. The van der Waals surface area contributed by atoms with E-state index in [0.717, 1.165) is 16.7 Å². The van der Waals surface area contributed by atoms with Crippen LogP contribution in [0.25, 0.3) is 11.6 Å². The van der Waals surface area contributed by atoms with E-state index in [1.165, 1.54) is 0 Å². The van der Waals surface area contributed by atoms with E-state index in [1.54, 1.807) is 0 Å². The second-order valence-electron chi connectivity index (χ2n) is 3.96. The lowest BCUT2D eigenvalue weighted by Gasteiger charge is -1.99. The third-order valence-corrected chi connectivity index (χ3v) is 2.66. The SMILES string of the molecule is C=C(/C=C/c1ccc(C#N)cc1)c1ccccc1. The van der Waals surface area contributed by atoms with Crippen molar-refractivity contribution in [1.82, 2.24) is 0 Å². The van der Waals surface area contributed by atoms with Crippen molar-refractivity contribution < 1.29 is 0 Å². The van der Waals surface area contributed by atoms with Gasteiger partial charge in [-0.15, -0.1) is 0 Å². The maximum atomic E-state index is 8.71. The molecule has 18 heavy (non-hydrogen) atoms. The van der Waals surface area contributed by atoms with Gasteiger partial charge >= 0.3 is 0 Å².